The van der Waals surface area contributed by atoms with Crippen molar-refractivity contribution < 1.29 is 9.59 Å². The van der Waals surface area contributed by atoms with E-state index in [4.69, 9.17) is 16.6 Å². The molecule has 0 saturated heterocycles. The number of nitrogens with one attached hydrogen (secondary N) is 2. The lowest BCUT2D eigenvalue weighted by Gasteiger charge is -2.36. The van der Waals surface area contributed by atoms with Crippen LogP contribution in [0.5, 0.6) is 0 Å². The first kappa shape index (κ1) is 23.7. The zero-order chi connectivity index (χ0) is 24.7. The Labute approximate surface area is 214 Å². The highest BCUT2D eigenvalue weighted by atomic mass is 35.5. The molecule has 2 aromatic carbocycles. The van der Waals surface area contributed by atoms with Gasteiger partial charge in [-0.1, -0.05) is 53.2 Å². The molecule has 1 aliphatic carbocycles. The van der Waals surface area contributed by atoms with Crippen molar-refractivity contribution in [1.29, 1.82) is 0 Å². The van der Waals surface area contributed by atoms with Crippen LogP contribution in [-0.4, -0.2) is 27.9 Å². The molecule has 6 nitrogen and oxygen atoms in total. The Hall–Kier alpha value is -3.03. The van der Waals surface area contributed by atoms with Crippen LogP contribution in [0, 0.1) is 13.8 Å². The highest BCUT2D eigenvalue weighted by Crippen LogP contribution is 2.45. The summed E-state index contributed by atoms with van der Waals surface area (Å²) in [6.07, 6.45) is 2.31. The number of carbonyl (C=O) groups is 2. The number of benzene rings is 2. The van der Waals surface area contributed by atoms with Gasteiger partial charge in [0.1, 0.15) is 0 Å². The number of carbonyl (C=O) groups excluding carboxylic acids is 2. The van der Waals surface area contributed by atoms with Crippen molar-refractivity contribution in [1.82, 2.24) is 10.2 Å². The minimum atomic E-state index is -0.430. The van der Waals surface area contributed by atoms with Crippen LogP contribution in [0.15, 0.2) is 69.8 Å². The van der Waals surface area contributed by atoms with E-state index in [0.717, 1.165) is 46.1 Å². The molecule has 35 heavy (non-hydrogen) atoms. The number of nitrogens with zero attached hydrogens (tertiary/aromatic N) is 2. The van der Waals surface area contributed by atoms with Crippen LogP contribution >= 0.6 is 23.4 Å². The molecule has 0 radical (unpaired) electrons. The summed E-state index contributed by atoms with van der Waals surface area (Å²) in [6.45, 7) is 5.87. The van der Waals surface area contributed by atoms with Crippen molar-refractivity contribution in [3.05, 3.63) is 86.6 Å². The van der Waals surface area contributed by atoms with E-state index in [1.807, 2.05) is 73.5 Å². The van der Waals surface area contributed by atoms with Crippen LogP contribution in [0.4, 0.5) is 5.69 Å². The number of rotatable bonds is 6. The lowest BCUT2D eigenvalue weighted by Crippen LogP contribution is -2.39. The van der Waals surface area contributed by atoms with E-state index >= 15 is 0 Å². The Kier molecular flexibility index (Phi) is 6.47. The number of aryl methyl sites for hydroxylation is 2. The Bertz CT molecular complexity index is 1290. The van der Waals surface area contributed by atoms with Gasteiger partial charge >= 0.3 is 0 Å². The normalized spacial score (nSPS) is 19.2. The third-order valence-electron chi connectivity index (χ3n) is 6.35. The number of aliphatic imine (C=N–C) groups is 1. The van der Waals surface area contributed by atoms with Gasteiger partial charge in [0, 0.05) is 22.4 Å². The number of thioether (sulfide) groups is 1. The number of amidine groups is 1. The summed E-state index contributed by atoms with van der Waals surface area (Å²) in [7, 11) is 0. The summed E-state index contributed by atoms with van der Waals surface area (Å²) in [4.78, 5) is 33.2. The molecule has 8 heteroatoms. The minimum Gasteiger partial charge on any atom is -0.353 e. The second-order valence-electron chi connectivity index (χ2n) is 9.24. The summed E-state index contributed by atoms with van der Waals surface area (Å²) in [5.74, 6) is -0.223. The van der Waals surface area contributed by atoms with Crippen molar-refractivity contribution in [2.45, 2.75) is 52.1 Å². The van der Waals surface area contributed by atoms with Gasteiger partial charge in [0.15, 0.2) is 5.17 Å². The average Bonchev–Trinajstić information content (AvgIpc) is 3.54. The molecule has 2 heterocycles. The maximum atomic E-state index is 13.7. The van der Waals surface area contributed by atoms with E-state index in [9.17, 15) is 9.59 Å². The molecule has 0 spiro atoms. The molecule has 0 bridgehead atoms. The van der Waals surface area contributed by atoms with Gasteiger partial charge < -0.3 is 15.5 Å². The molecule has 180 valence electrons. The molecule has 0 aromatic heterocycles. The highest BCUT2D eigenvalue weighted by Gasteiger charge is 2.40. The number of allylic oxidation sites excluding steroid dienone is 1. The smallest absolute Gasteiger partial charge is 0.255 e. The van der Waals surface area contributed by atoms with Gasteiger partial charge in [-0.2, -0.15) is 0 Å². The molecule has 5 rings (SSSR count). The summed E-state index contributed by atoms with van der Waals surface area (Å²) >= 11 is 7.66. The topological polar surface area (TPSA) is 73.8 Å². The fraction of sp³-hybridized carbons (Fsp3) is 0.296. The number of fused-ring (bicyclic) bond motifs is 1. The molecule has 2 amide bonds. The van der Waals surface area contributed by atoms with E-state index < -0.39 is 6.04 Å². The average molecular weight is 507 g/mol. The molecule has 2 aliphatic heterocycles. The summed E-state index contributed by atoms with van der Waals surface area (Å²) in [5, 5.41) is 9.50. The highest BCUT2D eigenvalue weighted by molar-refractivity contribution is 8.16. The van der Waals surface area contributed by atoms with Crippen molar-refractivity contribution >= 4 is 46.0 Å². The van der Waals surface area contributed by atoms with E-state index in [0.29, 0.717) is 22.3 Å². The van der Waals surface area contributed by atoms with Gasteiger partial charge in [0.05, 0.1) is 23.7 Å². The minimum absolute atomic E-state index is 0.0111. The van der Waals surface area contributed by atoms with Crippen molar-refractivity contribution in [3.8, 4) is 0 Å². The Morgan fingerprint density at radius 2 is 1.86 bits per heavy atom. The zero-order valence-corrected chi connectivity index (χ0v) is 21.5. The first-order chi connectivity index (χ1) is 16.8. The Morgan fingerprint density at radius 1 is 1.11 bits per heavy atom. The standard InChI is InChI=1S/C27H27ClN4O2S/c1-15-4-11-22(16(2)12-15)31-26(34)24-17(3)29-27-32(25(24)18-5-7-19(28)8-6-18)21(14-35-27)13-23(33)30-20-9-10-20/h4-8,11-12,14,20,25H,9-10,13H2,1-3H3,(H,30,33)(H,31,34)/t25-/m0/s1. The zero-order valence-electron chi connectivity index (χ0n) is 19.9. The molecule has 2 aromatic rings. The third-order valence-corrected chi connectivity index (χ3v) is 7.49. The second-order valence-corrected chi connectivity index (χ2v) is 10.5. The lowest BCUT2D eigenvalue weighted by molar-refractivity contribution is -0.120. The maximum Gasteiger partial charge on any atom is 0.255 e. The predicted octanol–water partition coefficient (Wildman–Crippen LogP) is 5.84. The van der Waals surface area contributed by atoms with Crippen LogP contribution in [0.25, 0.3) is 0 Å². The summed E-state index contributed by atoms with van der Waals surface area (Å²) in [6, 6.07) is 13.3. The van der Waals surface area contributed by atoms with E-state index in [1.54, 1.807) is 0 Å². The van der Waals surface area contributed by atoms with Crippen LogP contribution in [-0.2, 0) is 9.59 Å². The van der Waals surface area contributed by atoms with Crippen LogP contribution in [0.1, 0.15) is 48.9 Å². The molecule has 1 fully saturated rings. The first-order valence-corrected chi connectivity index (χ1v) is 12.9. The molecule has 0 unspecified atom stereocenters. The molecule has 1 saturated carbocycles. The number of hydrogen-bond acceptors (Lipinski definition) is 5. The number of halogens is 1. The van der Waals surface area contributed by atoms with Gasteiger partial charge in [-0.3, -0.25) is 9.59 Å². The second kappa shape index (κ2) is 9.55. The number of amides is 2. The summed E-state index contributed by atoms with van der Waals surface area (Å²) in [5.41, 5.74) is 5.83. The molecular weight excluding hydrogens is 480 g/mol. The van der Waals surface area contributed by atoms with E-state index in [2.05, 4.69) is 10.6 Å². The van der Waals surface area contributed by atoms with Crippen molar-refractivity contribution in [2.75, 3.05) is 5.32 Å². The van der Waals surface area contributed by atoms with Crippen molar-refractivity contribution in [2.24, 2.45) is 4.99 Å². The number of hydrogen-bond donors (Lipinski definition) is 2. The summed E-state index contributed by atoms with van der Waals surface area (Å²) < 4.78 is 0. The quantitative estimate of drug-likeness (QED) is 0.516. The Balaban J connectivity index is 1.51. The SMILES string of the molecule is CC1=C(C(=O)Nc2ccc(C)cc2C)[C@H](c2ccc(Cl)cc2)N2C(CC(=O)NC3CC3)=CSC2=N1. The van der Waals surface area contributed by atoms with E-state index in [-0.39, 0.29) is 18.2 Å². The maximum absolute atomic E-state index is 13.7. The van der Waals surface area contributed by atoms with E-state index in [1.165, 1.54) is 11.8 Å². The van der Waals surface area contributed by atoms with Crippen LogP contribution in [0.3, 0.4) is 0 Å². The third kappa shape index (κ3) is 5.02. The Morgan fingerprint density at radius 3 is 2.54 bits per heavy atom. The molecule has 2 N–H and O–H groups in total. The van der Waals surface area contributed by atoms with Crippen LogP contribution in [0.2, 0.25) is 5.02 Å². The molecular formula is C27H27ClN4O2S. The fourth-order valence-corrected chi connectivity index (χ4v) is 5.52. The fourth-order valence-electron chi connectivity index (χ4n) is 4.43. The van der Waals surface area contributed by atoms with Gasteiger partial charge in [-0.05, 0) is 68.3 Å². The first-order valence-electron chi connectivity index (χ1n) is 11.7. The van der Waals surface area contributed by atoms with Gasteiger partial charge in [-0.15, -0.1) is 0 Å². The largest absolute Gasteiger partial charge is 0.353 e. The van der Waals surface area contributed by atoms with Crippen molar-refractivity contribution in [3.63, 3.8) is 0 Å². The molecule has 1 atom stereocenters. The van der Waals surface area contributed by atoms with Gasteiger partial charge in [0.25, 0.3) is 5.91 Å². The predicted molar refractivity (Wildman–Crippen MR) is 142 cm³/mol. The van der Waals surface area contributed by atoms with Gasteiger partial charge in [-0.25, -0.2) is 4.99 Å². The number of anilines is 1. The van der Waals surface area contributed by atoms with Gasteiger partial charge in [0.2, 0.25) is 5.91 Å². The molecule has 3 aliphatic rings. The van der Waals surface area contributed by atoms with Crippen LogP contribution < -0.4 is 10.6 Å². The lowest BCUT2D eigenvalue weighted by atomic mass is 9.93. The monoisotopic (exact) mass is 506 g/mol.